The third-order valence-corrected chi connectivity index (χ3v) is 5.53. The molecule has 0 aliphatic heterocycles. The summed E-state index contributed by atoms with van der Waals surface area (Å²) in [6, 6.07) is 9.94. The second kappa shape index (κ2) is 5.18. The molecule has 0 aliphatic carbocycles. The van der Waals surface area contributed by atoms with Gasteiger partial charge in [0.15, 0.2) is 0 Å². The van der Waals surface area contributed by atoms with E-state index in [1.54, 1.807) is 11.8 Å². The van der Waals surface area contributed by atoms with Crippen LogP contribution in [0.4, 0.5) is 0 Å². The lowest BCUT2D eigenvalue weighted by molar-refractivity contribution is 0.597. The largest absolute Gasteiger partial charge is 0.265 e. The van der Waals surface area contributed by atoms with Crippen LogP contribution in [0.15, 0.2) is 45.1 Å². The van der Waals surface area contributed by atoms with Crippen molar-refractivity contribution in [2.45, 2.75) is 14.3 Å². The molecule has 0 saturated heterocycles. The Morgan fingerprint density at radius 3 is 2.59 bits per heavy atom. The second-order valence-corrected chi connectivity index (χ2v) is 7.31. The highest BCUT2D eigenvalue weighted by molar-refractivity contribution is 8.00. The van der Waals surface area contributed by atoms with E-state index in [0.29, 0.717) is 0 Å². The highest BCUT2D eigenvalue weighted by Gasteiger charge is 2.13. The fourth-order valence-electron chi connectivity index (χ4n) is 1.17. The van der Waals surface area contributed by atoms with Crippen LogP contribution in [0.2, 0.25) is 0 Å². The Kier molecular flexibility index (Phi) is 3.82. The average Bonchev–Trinajstić information content (AvgIpc) is 2.76. The molecule has 2 N–H and O–H groups in total. The molecule has 90 valence electrons. The number of hydrogen-bond donors (Lipinski definition) is 1. The van der Waals surface area contributed by atoms with E-state index in [1.807, 2.05) is 30.3 Å². The number of thiazole rings is 1. The van der Waals surface area contributed by atoms with Gasteiger partial charge in [0.05, 0.1) is 10.4 Å². The normalized spacial score (nSPS) is 11.6. The Labute approximate surface area is 108 Å². The second-order valence-electron chi connectivity index (χ2n) is 3.26. The van der Waals surface area contributed by atoms with Crippen LogP contribution in [0.1, 0.15) is 5.56 Å². The van der Waals surface area contributed by atoms with E-state index in [2.05, 4.69) is 4.98 Å². The van der Waals surface area contributed by atoms with Crippen LogP contribution < -0.4 is 5.14 Å². The summed E-state index contributed by atoms with van der Waals surface area (Å²) in [5.74, 6) is 0.785. The van der Waals surface area contributed by atoms with Crippen LogP contribution in [0, 0.1) is 0 Å². The van der Waals surface area contributed by atoms with Gasteiger partial charge in [-0.05, 0) is 5.56 Å². The number of hydrogen-bond acceptors (Lipinski definition) is 5. The predicted octanol–water partition coefficient (Wildman–Crippen LogP) is 2.08. The number of aromatic nitrogens is 1. The molecule has 0 unspecified atom stereocenters. The molecule has 0 bridgehead atoms. The first-order valence-corrected chi connectivity index (χ1v) is 8.06. The lowest BCUT2D eigenvalue weighted by atomic mass is 10.2. The monoisotopic (exact) mass is 286 g/mol. The zero-order chi connectivity index (χ0) is 12.3. The highest BCUT2D eigenvalue weighted by Crippen LogP contribution is 2.29. The van der Waals surface area contributed by atoms with Gasteiger partial charge in [-0.2, -0.15) is 0 Å². The Morgan fingerprint density at radius 1 is 1.29 bits per heavy atom. The van der Waals surface area contributed by atoms with Crippen LogP contribution >= 0.6 is 23.1 Å². The number of rotatable bonds is 4. The van der Waals surface area contributed by atoms with Gasteiger partial charge in [0.1, 0.15) is 0 Å². The van der Waals surface area contributed by atoms with Crippen molar-refractivity contribution in [2.75, 3.05) is 0 Å². The molecule has 4 nitrogen and oxygen atoms in total. The molecule has 2 rings (SSSR count). The summed E-state index contributed by atoms with van der Waals surface area (Å²) in [5.41, 5.74) is 1.18. The van der Waals surface area contributed by atoms with Gasteiger partial charge in [-0.3, -0.25) is 0 Å². The first-order valence-electron chi connectivity index (χ1n) is 4.71. The minimum atomic E-state index is -3.67. The van der Waals surface area contributed by atoms with E-state index in [-0.39, 0.29) is 4.34 Å². The van der Waals surface area contributed by atoms with Crippen molar-refractivity contribution in [1.82, 2.24) is 4.98 Å². The fourth-order valence-corrected chi connectivity index (χ4v) is 3.92. The van der Waals surface area contributed by atoms with Crippen LogP contribution in [0.3, 0.4) is 0 Å². The van der Waals surface area contributed by atoms with Crippen molar-refractivity contribution in [3.63, 3.8) is 0 Å². The maximum Gasteiger partial charge on any atom is 0.265 e. The van der Waals surface area contributed by atoms with Crippen molar-refractivity contribution in [1.29, 1.82) is 0 Å². The summed E-state index contributed by atoms with van der Waals surface area (Å²) in [4.78, 5) is 3.78. The van der Waals surface area contributed by atoms with Crippen LogP contribution in [0.25, 0.3) is 0 Å². The Morgan fingerprint density at radius 2 is 2.00 bits per heavy atom. The van der Waals surface area contributed by atoms with Gasteiger partial charge in [-0.1, -0.05) is 41.7 Å². The van der Waals surface area contributed by atoms with E-state index < -0.39 is 10.0 Å². The molecule has 2 aromatic rings. The lowest BCUT2D eigenvalue weighted by Gasteiger charge is -1.97. The third-order valence-electron chi connectivity index (χ3n) is 1.93. The standard InChI is InChI=1S/C10H10N2O2S3/c11-17(13,14)10-12-6-9(16-10)15-7-8-4-2-1-3-5-8/h1-6H,7H2,(H2,11,13,14). The zero-order valence-corrected chi connectivity index (χ0v) is 11.2. The van der Waals surface area contributed by atoms with Crippen LogP contribution in [0.5, 0.6) is 0 Å². The van der Waals surface area contributed by atoms with Gasteiger partial charge in [0.2, 0.25) is 4.34 Å². The Balaban J connectivity index is 2.04. The molecule has 0 atom stereocenters. The molecule has 0 amide bonds. The van der Waals surface area contributed by atoms with Crippen molar-refractivity contribution >= 4 is 33.1 Å². The van der Waals surface area contributed by atoms with Crippen molar-refractivity contribution in [3.8, 4) is 0 Å². The van der Waals surface area contributed by atoms with Gasteiger partial charge in [0, 0.05) is 5.75 Å². The maximum atomic E-state index is 11.0. The summed E-state index contributed by atoms with van der Waals surface area (Å²) in [6.07, 6.45) is 1.54. The number of thioether (sulfide) groups is 1. The summed E-state index contributed by atoms with van der Waals surface area (Å²) >= 11 is 2.64. The molecular weight excluding hydrogens is 276 g/mol. The van der Waals surface area contributed by atoms with E-state index in [9.17, 15) is 8.42 Å². The zero-order valence-electron chi connectivity index (χ0n) is 8.74. The molecule has 0 spiro atoms. The number of sulfonamides is 1. The van der Waals surface area contributed by atoms with Crippen LogP contribution in [-0.2, 0) is 15.8 Å². The van der Waals surface area contributed by atoms with Crippen molar-refractivity contribution in [3.05, 3.63) is 42.1 Å². The highest BCUT2D eigenvalue weighted by atomic mass is 32.3. The predicted molar refractivity (Wildman–Crippen MR) is 69.5 cm³/mol. The molecule has 0 saturated carbocycles. The smallest absolute Gasteiger partial charge is 0.231 e. The van der Waals surface area contributed by atoms with Crippen molar-refractivity contribution < 1.29 is 8.42 Å². The summed E-state index contributed by atoms with van der Waals surface area (Å²) in [7, 11) is -3.67. The van der Waals surface area contributed by atoms with E-state index in [1.165, 1.54) is 11.8 Å². The van der Waals surface area contributed by atoms with Gasteiger partial charge in [-0.15, -0.1) is 11.8 Å². The Bertz CT molecular complexity index is 593. The van der Waals surface area contributed by atoms with Gasteiger partial charge >= 0.3 is 0 Å². The van der Waals surface area contributed by atoms with E-state index >= 15 is 0 Å². The number of benzene rings is 1. The quantitative estimate of drug-likeness (QED) is 0.873. The lowest BCUT2D eigenvalue weighted by Crippen LogP contribution is -2.11. The Hall–Kier alpha value is -0.890. The van der Waals surface area contributed by atoms with E-state index in [0.717, 1.165) is 21.3 Å². The summed E-state index contributed by atoms with van der Waals surface area (Å²) < 4.78 is 22.9. The number of primary sulfonamides is 1. The first kappa shape index (κ1) is 12.6. The average molecular weight is 286 g/mol. The molecule has 1 heterocycles. The third kappa shape index (κ3) is 3.53. The van der Waals surface area contributed by atoms with Crippen molar-refractivity contribution in [2.24, 2.45) is 5.14 Å². The SMILES string of the molecule is NS(=O)(=O)c1ncc(SCc2ccccc2)s1. The minimum Gasteiger partial charge on any atom is -0.231 e. The molecule has 0 radical (unpaired) electrons. The number of nitrogens with zero attached hydrogens (tertiary/aromatic N) is 1. The van der Waals surface area contributed by atoms with E-state index in [4.69, 9.17) is 5.14 Å². The molecule has 17 heavy (non-hydrogen) atoms. The molecular formula is C10H10N2O2S3. The molecule has 7 heteroatoms. The van der Waals surface area contributed by atoms with Gasteiger partial charge in [-0.25, -0.2) is 18.5 Å². The molecule has 1 aromatic carbocycles. The summed E-state index contributed by atoms with van der Waals surface area (Å²) in [6.45, 7) is 0. The fraction of sp³-hybridized carbons (Fsp3) is 0.100. The molecule has 0 aliphatic rings. The topological polar surface area (TPSA) is 73.1 Å². The van der Waals surface area contributed by atoms with Gasteiger partial charge < -0.3 is 0 Å². The maximum absolute atomic E-state index is 11.0. The van der Waals surface area contributed by atoms with Crippen LogP contribution in [-0.4, -0.2) is 13.4 Å². The first-order chi connectivity index (χ1) is 8.05. The number of nitrogens with two attached hydrogens (primary N) is 1. The van der Waals surface area contributed by atoms with Gasteiger partial charge in [0.25, 0.3) is 10.0 Å². The molecule has 0 fully saturated rings. The molecule has 1 aromatic heterocycles. The minimum absolute atomic E-state index is 0.0342. The summed E-state index contributed by atoms with van der Waals surface area (Å²) in [5, 5.41) is 4.99.